The molecule has 2 aromatic carbocycles. The van der Waals surface area contributed by atoms with Crippen LogP contribution < -0.4 is 15.5 Å². The van der Waals surface area contributed by atoms with E-state index in [9.17, 15) is 9.59 Å². The third-order valence-electron chi connectivity index (χ3n) is 4.96. The Morgan fingerprint density at radius 2 is 1.67 bits per heavy atom. The van der Waals surface area contributed by atoms with Gasteiger partial charge in [-0.3, -0.25) is 9.59 Å². The fourth-order valence-corrected chi connectivity index (χ4v) is 3.45. The molecule has 2 fully saturated rings. The molecule has 0 bridgehead atoms. The molecule has 4 rings (SSSR count). The van der Waals surface area contributed by atoms with E-state index < -0.39 is 0 Å². The second-order valence-corrected chi connectivity index (χ2v) is 7.57. The predicted octanol–water partition coefficient (Wildman–Crippen LogP) is 4.08. The molecule has 5 nitrogen and oxygen atoms in total. The van der Waals surface area contributed by atoms with Crippen LogP contribution in [0.25, 0.3) is 0 Å². The van der Waals surface area contributed by atoms with Crippen LogP contribution in [0.3, 0.4) is 0 Å². The maximum absolute atomic E-state index is 12.8. The third-order valence-corrected chi connectivity index (χ3v) is 5.22. The molecular weight excluding hydrogens is 362 g/mol. The Kier molecular flexibility index (Phi) is 5.03. The van der Waals surface area contributed by atoms with Crippen LogP contribution in [0.1, 0.15) is 46.4 Å². The van der Waals surface area contributed by atoms with Crippen LogP contribution in [0.4, 0.5) is 11.4 Å². The molecule has 27 heavy (non-hydrogen) atoms. The number of benzene rings is 2. The zero-order valence-electron chi connectivity index (χ0n) is 15.0. The molecule has 140 valence electrons. The van der Waals surface area contributed by atoms with Crippen molar-refractivity contribution in [3.63, 3.8) is 0 Å². The van der Waals surface area contributed by atoms with Gasteiger partial charge in [-0.25, -0.2) is 0 Å². The fraction of sp³-hybridized carbons (Fsp3) is 0.333. The summed E-state index contributed by atoms with van der Waals surface area (Å²) in [5, 5.41) is 6.52. The molecule has 1 heterocycles. The van der Waals surface area contributed by atoms with Crippen molar-refractivity contribution in [1.82, 2.24) is 5.32 Å². The molecule has 1 aliphatic heterocycles. The molecule has 1 aliphatic carbocycles. The first-order chi connectivity index (χ1) is 13.1. The summed E-state index contributed by atoms with van der Waals surface area (Å²) in [5.74, 6) is -0.295. The van der Waals surface area contributed by atoms with E-state index in [4.69, 9.17) is 11.6 Å². The van der Waals surface area contributed by atoms with Crippen LogP contribution in [0.15, 0.2) is 42.5 Å². The van der Waals surface area contributed by atoms with E-state index in [-0.39, 0.29) is 17.9 Å². The third kappa shape index (κ3) is 4.25. The molecule has 2 N–H and O–H groups in total. The topological polar surface area (TPSA) is 61.4 Å². The maximum atomic E-state index is 12.8. The summed E-state index contributed by atoms with van der Waals surface area (Å²) < 4.78 is 0. The van der Waals surface area contributed by atoms with E-state index in [1.165, 1.54) is 0 Å². The lowest BCUT2D eigenvalue weighted by Gasteiger charge is -2.22. The van der Waals surface area contributed by atoms with Crippen molar-refractivity contribution < 1.29 is 9.59 Å². The maximum Gasteiger partial charge on any atom is 0.255 e. The molecule has 0 unspecified atom stereocenters. The lowest BCUT2D eigenvalue weighted by molar-refractivity contribution is 0.0950. The van der Waals surface area contributed by atoms with Crippen molar-refractivity contribution >= 4 is 34.8 Å². The highest BCUT2D eigenvalue weighted by atomic mass is 35.5. The molecule has 0 aromatic heterocycles. The Bertz CT molecular complexity index is 856. The molecule has 2 aliphatic rings. The number of anilines is 2. The molecule has 2 aromatic rings. The Morgan fingerprint density at radius 1 is 0.963 bits per heavy atom. The smallest absolute Gasteiger partial charge is 0.255 e. The minimum Gasteiger partial charge on any atom is -0.371 e. The summed E-state index contributed by atoms with van der Waals surface area (Å²) in [6.07, 6.45) is 4.35. The van der Waals surface area contributed by atoms with Crippen LogP contribution in [-0.4, -0.2) is 30.9 Å². The Hall–Kier alpha value is -2.53. The summed E-state index contributed by atoms with van der Waals surface area (Å²) in [7, 11) is 0. The second kappa shape index (κ2) is 7.61. The van der Waals surface area contributed by atoms with E-state index in [0.29, 0.717) is 21.8 Å². The molecule has 0 atom stereocenters. The number of hydrogen-bond acceptors (Lipinski definition) is 3. The van der Waals surface area contributed by atoms with Gasteiger partial charge in [-0.15, -0.1) is 0 Å². The van der Waals surface area contributed by atoms with Gasteiger partial charge in [0.05, 0.1) is 5.56 Å². The van der Waals surface area contributed by atoms with E-state index in [1.807, 2.05) is 12.1 Å². The number of carbonyl (C=O) groups is 2. The standard InChI is InChI=1S/C21H22ClN3O2/c22-15-5-3-14(4-6-15)20(26)24-17-9-10-19(25-11-1-2-12-25)18(13-17)21(27)23-16-7-8-16/h3-6,9-10,13,16H,1-2,7-8,11-12H2,(H,23,27)(H,24,26). The van der Waals surface area contributed by atoms with Gasteiger partial charge in [-0.2, -0.15) is 0 Å². The molecule has 0 radical (unpaired) electrons. The quantitative estimate of drug-likeness (QED) is 0.817. The summed E-state index contributed by atoms with van der Waals surface area (Å²) in [6.45, 7) is 1.92. The van der Waals surface area contributed by atoms with Gasteiger partial charge in [0.1, 0.15) is 0 Å². The average molecular weight is 384 g/mol. The summed E-state index contributed by atoms with van der Waals surface area (Å²) in [6, 6.07) is 12.6. The number of halogens is 1. The van der Waals surface area contributed by atoms with Gasteiger partial charge in [0.2, 0.25) is 0 Å². The van der Waals surface area contributed by atoms with E-state index in [2.05, 4.69) is 15.5 Å². The largest absolute Gasteiger partial charge is 0.371 e. The highest BCUT2D eigenvalue weighted by Gasteiger charge is 2.26. The number of nitrogens with one attached hydrogen (secondary N) is 2. The molecule has 0 spiro atoms. The first kappa shape index (κ1) is 17.9. The summed E-state index contributed by atoms with van der Waals surface area (Å²) in [5.41, 5.74) is 2.69. The lowest BCUT2D eigenvalue weighted by Crippen LogP contribution is -2.29. The molecule has 1 saturated carbocycles. The number of nitrogens with zero attached hydrogens (tertiary/aromatic N) is 1. The Labute approximate surface area is 163 Å². The van der Waals surface area contributed by atoms with Crippen LogP contribution in [0.5, 0.6) is 0 Å². The zero-order chi connectivity index (χ0) is 18.8. The van der Waals surface area contributed by atoms with Crippen LogP contribution in [0, 0.1) is 0 Å². The average Bonchev–Trinajstić information content (AvgIpc) is 3.31. The van der Waals surface area contributed by atoms with Crippen molar-refractivity contribution in [3.8, 4) is 0 Å². The van der Waals surface area contributed by atoms with Crippen molar-refractivity contribution in [2.75, 3.05) is 23.3 Å². The van der Waals surface area contributed by atoms with Gasteiger partial charge in [0.25, 0.3) is 11.8 Å². The van der Waals surface area contributed by atoms with E-state index in [0.717, 1.165) is 44.5 Å². The van der Waals surface area contributed by atoms with Crippen LogP contribution in [-0.2, 0) is 0 Å². The van der Waals surface area contributed by atoms with Gasteiger partial charge in [0.15, 0.2) is 0 Å². The monoisotopic (exact) mass is 383 g/mol. The highest BCUT2D eigenvalue weighted by molar-refractivity contribution is 6.30. The minimum absolute atomic E-state index is 0.0676. The van der Waals surface area contributed by atoms with Gasteiger partial charge in [0, 0.05) is 41.1 Å². The van der Waals surface area contributed by atoms with Crippen molar-refractivity contribution in [2.45, 2.75) is 31.7 Å². The fourth-order valence-electron chi connectivity index (χ4n) is 3.32. The highest BCUT2D eigenvalue weighted by Crippen LogP contribution is 2.29. The van der Waals surface area contributed by atoms with E-state index in [1.54, 1.807) is 30.3 Å². The number of hydrogen-bond donors (Lipinski definition) is 2. The predicted molar refractivity (Wildman–Crippen MR) is 108 cm³/mol. The second-order valence-electron chi connectivity index (χ2n) is 7.13. The number of rotatable bonds is 5. The van der Waals surface area contributed by atoms with Crippen molar-refractivity contribution in [2.24, 2.45) is 0 Å². The van der Waals surface area contributed by atoms with Crippen molar-refractivity contribution in [1.29, 1.82) is 0 Å². The normalized spacial score (nSPS) is 16.3. The molecule has 1 saturated heterocycles. The summed E-state index contributed by atoms with van der Waals surface area (Å²) >= 11 is 5.88. The Balaban J connectivity index is 1.58. The number of amides is 2. The Morgan fingerprint density at radius 3 is 2.33 bits per heavy atom. The zero-order valence-corrected chi connectivity index (χ0v) is 15.8. The van der Waals surface area contributed by atoms with Gasteiger partial charge >= 0.3 is 0 Å². The van der Waals surface area contributed by atoms with Gasteiger partial charge in [-0.05, 0) is 68.1 Å². The van der Waals surface area contributed by atoms with Gasteiger partial charge in [-0.1, -0.05) is 11.6 Å². The van der Waals surface area contributed by atoms with Crippen LogP contribution in [0.2, 0.25) is 5.02 Å². The van der Waals surface area contributed by atoms with E-state index >= 15 is 0 Å². The molecular formula is C21H22ClN3O2. The summed E-state index contributed by atoms with van der Waals surface area (Å²) in [4.78, 5) is 27.5. The number of carbonyl (C=O) groups excluding carboxylic acids is 2. The molecule has 6 heteroatoms. The molecule has 2 amide bonds. The first-order valence-electron chi connectivity index (χ1n) is 9.37. The van der Waals surface area contributed by atoms with Crippen molar-refractivity contribution in [3.05, 3.63) is 58.6 Å². The lowest BCUT2D eigenvalue weighted by atomic mass is 10.1. The first-order valence-corrected chi connectivity index (χ1v) is 9.75. The minimum atomic E-state index is -0.228. The van der Waals surface area contributed by atoms with Gasteiger partial charge < -0.3 is 15.5 Å². The SMILES string of the molecule is O=C(Nc1ccc(N2CCCC2)c(C(=O)NC2CC2)c1)c1ccc(Cl)cc1. The van der Waals surface area contributed by atoms with Crippen LogP contribution >= 0.6 is 11.6 Å².